The van der Waals surface area contributed by atoms with Crippen LogP contribution in [0.3, 0.4) is 0 Å². The number of anilines is 1. The van der Waals surface area contributed by atoms with Crippen LogP contribution in [0.1, 0.15) is 36.2 Å². The summed E-state index contributed by atoms with van der Waals surface area (Å²) in [7, 11) is 0. The zero-order valence-electron chi connectivity index (χ0n) is 16.6. The maximum Gasteiger partial charge on any atom is 0.306 e. The van der Waals surface area contributed by atoms with Crippen LogP contribution in [0.2, 0.25) is 0 Å². The number of ether oxygens (including phenoxy) is 1. The molecule has 29 heavy (non-hydrogen) atoms. The molecule has 0 bridgehead atoms. The number of carbonyl (C=O) groups is 3. The molecule has 0 aromatic heterocycles. The van der Waals surface area contributed by atoms with Gasteiger partial charge < -0.3 is 15.0 Å². The van der Waals surface area contributed by atoms with Gasteiger partial charge in [0.1, 0.15) is 5.82 Å². The van der Waals surface area contributed by atoms with Gasteiger partial charge in [-0.2, -0.15) is 0 Å². The van der Waals surface area contributed by atoms with E-state index in [1.807, 2.05) is 13.8 Å². The van der Waals surface area contributed by atoms with Crippen molar-refractivity contribution in [3.05, 3.63) is 65.5 Å². The molecule has 154 valence electrons. The molecule has 1 N–H and O–H groups in total. The van der Waals surface area contributed by atoms with Crippen molar-refractivity contribution in [3.63, 3.8) is 0 Å². The molecule has 0 atom stereocenters. The summed E-state index contributed by atoms with van der Waals surface area (Å²) in [4.78, 5) is 37.9. The van der Waals surface area contributed by atoms with E-state index < -0.39 is 18.5 Å². The molecule has 0 saturated carbocycles. The zero-order chi connectivity index (χ0) is 21.2. The van der Waals surface area contributed by atoms with Gasteiger partial charge in [-0.25, -0.2) is 4.39 Å². The fourth-order valence-corrected chi connectivity index (χ4v) is 2.74. The van der Waals surface area contributed by atoms with Crippen LogP contribution in [-0.2, 0) is 20.7 Å². The second-order valence-corrected chi connectivity index (χ2v) is 6.39. The van der Waals surface area contributed by atoms with Gasteiger partial charge in [0.05, 0.1) is 0 Å². The van der Waals surface area contributed by atoms with Crippen LogP contribution in [-0.4, -0.2) is 42.4 Å². The van der Waals surface area contributed by atoms with E-state index in [-0.39, 0.29) is 18.1 Å². The second-order valence-electron chi connectivity index (χ2n) is 6.39. The highest BCUT2D eigenvalue weighted by Crippen LogP contribution is 2.13. The summed E-state index contributed by atoms with van der Waals surface area (Å²) in [6.07, 6.45) is 0.489. The number of rotatable bonds is 9. The number of halogens is 1. The van der Waals surface area contributed by atoms with Crippen LogP contribution in [0.5, 0.6) is 0 Å². The van der Waals surface area contributed by atoms with E-state index in [9.17, 15) is 18.8 Å². The first kappa shape index (κ1) is 22.1. The molecular weight excluding hydrogens is 375 g/mol. The topological polar surface area (TPSA) is 75.7 Å². The summed E-state index contributed by atoms with van der Waals surface area (Å²) < 4.78 is 17.8. The average Bonchev–Trinajstić information content (AvgIpc) is 2.73. The normalized spacial score (nSPS) is 10.3. The van der Waals surface area contributed by atoms with Crippen LogP contribution in [0, 0.1) is 5.82 Å². The van der Waals surface area contributed by atoms with E-state index in [0.29, 0.717) is 30.8 Å². The van der Waals surface area contributed by atoms with Crippen LogP contribution >= 0.6 is 0 Å². The van der Waals surface area contributed by atoms with Crippen molar-refractivity contribution in [1.82, 2.24) is 4.90 Å². The van der Waals surface area contributed by atoms with E-state index in [1.54, 1.807) is 41.3 Å². The molecule has 2 aromatic rings. The molecule has 7 heteroatoms. The molecule has 0 aliphatic carbocycles. The van der Waals surface area contributed by atoms with Crippen LogP contribution < -0.4 is 5.32 Å². The van der Waals surface area contributed by atoms with Gasteiger partial charge in [-0.05, 0) is 56.2 Å². The van der Waals surface area contributed by atoms with E-state index >= 15 is 0 Å². The van der Waals surface area contributed by atoms with Crippen molar-refractivity contribution in [3.8, 4) is 0 Å². The minimum Gasteiger partial charge on any atom is -0.456 e. The number of benzene rings is 2. The molecule has 0 heterocycles. The van der Waals surface area contributed by atoms with Gasteiger partial charge in [0, 0.05) is 30.8 Å². The monoisotopic (exact) mass is 400 g/mol. The van der Waals surface area contributed by atoms with Crippen LogP contribution in [0.25, 0.3) is 0 Å². The standard InChI is InChI=1S/C22H25FN2O4/c1-3-25(4-2)22(28)17-6-5-7-19(14-17)24-20(26)15-29-21(27)13-10-16-8-11-18(23)12-9-16/h5-9,11-12,14H,3-4,10,13,15H2,1-2H3,(H,24,26). The van der Waals surface area contributed by atoms with Crippen molar-refractivity contribution < 1.29 is 23.5 Å². The molecule has 2 aromatic carbocycles. The molecule has 0 aliphatic rings. The lowest BCUT2D eigenvalue weighted by atomic mass is 10.1. The first-order valence-electron chi connectivity index (χ1n) is 9.52. The maximum atomic E-state index is 12.9. The van der Waals surface area contributed by atoms with Gasteiger partial charge in [0.15, 0.2) is 6.61 Å². The molecule has 0 radical (unpaired) electrons. The highest BCUT2D eigenvalue weighted by Gasteiger charge is 2.14. The van der Waals surface area contributed by atoms with E-state index in [1.165, 1.54) is 12.1 Å². The number of esters is 1. The Morgan fingerprint density at radius 3 is 2.38 bits per heavy atom. The molecule has 2 rings (SSSR count). The number of nitrogens with one attached hydrogen (secondary N) is 1. The van der Waals surface area contributed by atoms with Crippen molar-refractivity contribution in [2.45, 2.75) is 26.7 Å². The smallest absolute Gasteiger partial charge is 0.306 e. The third kappa shape index (κ3) is 7.03. The molecule has 6 nitrogen and oxygen atoms in total. The quantitative estimate of drug-likeness (QED) is 0.655. The summed E-state index contributed by atoms with van der Waals surface area (Å²) in [5.41, 5.74) is 1.74. The number of hydrogen-bond acceptors (Lipinski definition) is 4. The molecular formula is C22H25FN2O4. The summed E-state index contributed by atoms with van der Waals surface area (Å²) >= 11 is 0. The Bertz CT molecular complexity index is 848. The first-order valence-corrected chi connectivity index (χ1v) is 9.52. The number of aryl methyl sites for hydroxylation is 1. The van der Waals surface area contributed by atoms with Gasteiger partial charge >= 0.3 is 5.97 Å². The second kappa shape index (κ2) is 10.9. The molecule has 0 spiro atoms. The molecule has 0 unspecified atom stereocenters. The molecule has 0 fully saturated rings. The van der Waals surface area contributed by atoms with Crippen molar-refractivity contribution in [2.75, 3.05) is 25.0 Å². The Morgan fingerprint density at radius 2 is 1.72 bits per heavy atom. The first-order chi connectivity index (χ1) is 13.9. The van der Waals surface area contributed by atoms with Gasteiger partial charge in [-0.1, -0.05) is 18.2 Å². The van der Waals surface area contributed by atoms with Gasteiger partial charge in [-0.15, -0.1) is 0 Å². The van der Waals surface area contributed by atoms with Crippen molar-refractivity contribution in [2.24, 2.45) is 0 Å². The van der Waals surface area contributed by atoms with E-state index in [2.05, 4.69) is 5.32 Å². The third-order valence-corrected chi connectivity index (χ3v) is 4.34. The maximum absolute atomic E-state index is 12.9. The minimum absolute atomic E-state index is 0.0900. The lowest BCUT2D eigenvalue weighted by Crippen LogP contribution is -2.30. The number of hydrogen-bond donors (Lipinski definition) is 1. The fraction of sp³-hybridized carbons (Fsp3) is 0.318. The summed E-state index contributed by atoms with van der Waals surface area (Å²) in [6.45, 7) is 4.57. The lowest BCUT2D eigenvalue weighted by Gasteiger charge is -2.19. The highest BCUT2D eigenvalue weighted by molar-refractivity contribution is 5.97. The molecule has 0 saturated heterocycles. The fourth-order valence-electron chi connectivity index (χ4n) is 2.74. The van der Waals surface area contributed by atoms with Crippen molar-refractivity contribution in [1.29, 1.82) is 0 Å². The highest BCUT2D eigenvalue weighted by atomic mass is 19.1. The van der Waals surface area contributed by atoms with Gasteiger partial charge in [0.25, 0.3) is 11.8 Å². The van der Waals surface area contributed by atoms with E-state index in [0.717, 1.165) is 5.56 Å². The van der Waals surface area contributed by atoms with Gasteiger partial charge in [0.2, 0.25) is 0 Å². The van der Waals surface area contributed by atoms with Crippen LogP contribution in [0.15, 0.2) is 48.5 Å². The SMILES string of the molecule is CCN(CC)C(=O)c1cccc(NC(=O)COC(=O)CCc2ccc(F)cc2)c1. The average molecular weight is 400 g/mol. The Hall–Kier alpha value is -3.22. The Kier molecular flexibility index (Phi) is 8.33. The predicted octanol–water partition coefficient (Wildman–Crippen LogP) is 3.42. The van der Waals surface area contributed by atoms with Crippen molar-refractivity contribution >= 4 is 23.5 Å². The number of nitrogens with zero attached hydrogens (tertiary/aromatic N) is 1. The summed E-state index contributed by atoms with van der Waals surface area (Å²) in [6, 6.07) is 12.5. The summed E-state index contributed by atoms with van der Waals surface area (Å²) in [5, 5.41) is 2.62. The third-order valence-electron chi connectivity index (χ3n) is 4.34. The number of amides is 2. The summed E-state index contributed by atoms with van der Waals surface area (Å²) in [5.74, 6) is -1.46. The van der Waals surface area contributed by atoms with Crippen LogP contribution in [0.4, 0.5) is 10.1 Å². The predicted molar refractivity (Wildman–Crippen MR) is 108 cm³/mol. The Labute approximate surface area is 169 Å². The molecule has 0 aliphatic heterocycles. The Morgan fingerprint density at radius 1 is 1.03 bits per heavy atom. The minimum atomic E-state index is -0.519. The number of carbonyl (C=O) groups excluding carboxylic acids is 3. The zero-order valence-corrected chi connectivity index (χ0v) is 16.6. The van der Waals surface area contributed by atoms with E-state index in [4.69, 9.17) is 4.74 Å². The lowest BCUT2D eigenvalue weighted by molar-refractivity contribution is -0.147. The Balaban J connectivity index is 1.81. The van der Waals surface area contributed by atoms with Gasteiger partial charge in [-0.3, -0.25) is 14.4 Å². The molecule has 2 amide bonds. The largest absolute Gasteiger partial charge is 0.456 e.